The number of aryl methyl sites for hydroxylation is 2. The van der Waals surface area contributed by atoms with Crippen LogP contribution < -0.4 is 10.1 Å². The van der Waals surface area contributed by atoms with Crippen LogP contribution in [-0.2, 0) is 17.6 Å². The van der Waals surface area contributed by atoms with Crippen LogP contribution in [0.3, 0.4) is 0 Å². The van der Waals surface area contributed by atoms with E-state index in [1.165, 1.54) is 17.5 Å². The number of aliphatic hydroxyl groups is 1. The summed E-state index contributed by atoms with van der Waals surface area (Å²) >= 11 is 0. The van der Waals surface area contributed by atoms with Gasteiger partial charge in [-0.3, -0.25) is 4.79 Å². The van der Waals surface area contributed by atoms with Gasteiger partial charge in [-0.2, -0.15) is 0 Å². The molecule has 0 saturated heterocycles. The fraction of sp³-hybridized carbons (Fsp3) is 0.588. The highest BCUT2D eigenvalue weighted by atomic mass is 16.5. The fourth-order valence-corrected chi connectivity index (χ4v) is 3.31. The average Bonchev–Trinajstić information content (AvgIpc) is 2.95. The Kier molecular flexibility index (Phi) is 4.44. The first-order chi connectivity index (χ1) is 10.2. The van der Waals surface area contributed by atoms with E-state index in [1.807, 2.05) is 12.1 Å². The third-order valence-corrected chi connectivity index (χ3v) is 4.52. The molecule has 0 aliphatic heterocycles. The van der Waals surface area contributed by atoms with Crippen LogP contribution >= 0.6 is 0 Å². The van der Waals surface area contributed by atoms with Crippen molar-refractivity contribution in [1.29, 1.82) is 0 Å². The highest BCUT2D eigenvalue weighted by Crippen LogP contribution is 2.26. The number of fused-ring (bicyclic) bond motifs is 1. The monoisotopic (exact) mass is 289 g/mol. The molecule has 0 unspecified atom stereocenters. The van der Waals surface area contributed by atoms with Crippen LogP contribution in [0.25, 0.3) is 0 Å². The lowest BCUT2D eigenvalue weighted by atomic mass is 9.92. The Bertz CT molecular complexity index is 515. The molecular formula is C17H23NO3. The van der Waals surface area contributed by atoms with Gasteiger partial charge in [0, 0.05) is 0 Å². The minimum Gasteiger partial charge on any atom is -0.484 e. The number of aliphatic hydroxyl groups excluding tert-OH is 1. The smallest absolute Gasteiger partial charge is 0.258 e. The quantitative estimate of drug-likeness (QED) is 0.891. The summed E-state index contributed by atoms with van der Waals surface area (Å²) in [5.41, 5.74) is 2.74. The lowest BCUT2D eigenvalue weighted by Gasteiger charge is -2.28. The zero-order chi connectivity index (χ0) is 14.7. The molecule has 1 aromatic carbocycles. The molecular weight excluding hydrogens is 266 g/mol. The van der Waals surface area contributed by atoms with Gasteiger partial charge in [0.05, 0.1) is 12.1 Å². The Morgan fingerprint density at radius 1 is 1.19 bits per heavy atom. The SMILES string of the molecule is O=C(COc1ccc2c(c1)CCC2)N[C@H]1CCCC[C@@H]1O. The molecule has 21 heavy (non-hydrogen) atoms. The van der Waals surface area contributed by atoms with Gasteiger partial charge in [-0.25, -0.2) is 0 Å². The summed E-state index contributed by atoms with van der Waals surface area (Å²) in [6.07, 6.45) is 6.78. The Labute approximate surface area is 125 Å². The number of hydrogen-bond acceptors (Lipinski definition) is 3. The zero-order valence-corrected chi connectivity index (χ0v) is 12.3. The summed E-state index contributed by atoms with van der Waals surface area (Å²) < 4.78 is 5.58. The molecule has 0 aromatic heterocycles. The van der Waals surface area contributed by atoms with Crippen molar-refractivity contribution >= 4 is 5.91 Å². The Morgan fingerprint density at radius 2 is 2.00 bits per heavy atom. The average molecular weight is 289 g/mol. The lowest BCUT2D eigenvalue weighted by molar-refractivity contribution is -0.125. The molecule has 2 aliphatic carbocycles. The maximum absolute atomic E-state index is 11.9. The maximum Gasteiger partial charge on any atom is 0.258 e. The van der Waals surface area contributed by atoms with Gasteiger partial charge in [-0.1, -0.05) is 18.9 Å². The lowest BCUT2D eigenvalue weighted by Crippen LogP contribution is -2.46. The maximum atomic E-state index is 11.9. The molecule has 2 aliphatic rings. The van der Waals surface area contributed by atoms with Crippen LogP contribution in [0.15, 0.2) is 18.2 Å². The molecule has 1 amide bonds. The van der Waals surface area contributed by atoms with E-state index in [-0.39, 0.29) is 18.6 Å². The van der Waals surface area contributed by atoms with E-state index in [0.717, 1.165) is 44.3 Å². The Morgan fingerprint density at radius 3 is 2.86 bits per heavy atom. The topological polar surface area (TPSA) is 58.6 Å². The molecule has 114 valence electrons. The van der Waals surface area contributed by atoms with Gasteiger partial charge in [0.25, 0.3) is 5.91 Å². The van der Waals surface area contributed by atoms with E-state index in [2.05, 4.69) is 11.4 Å². The summed E-state index contributed by atoms with van der Waals surface area (Å²) in [7, 11) is 0. The number of amides is 1. The molecule has 1 saturated carbocycles. The van der Waals surface area contributed by atoms with Crippen molar-refractivity contribution in [3.8, 4) is 5.75 Å². The molecule has 4 heteroatoms. The second-order valence-corrected chi connectivity index (χ2v) is 6.10. The highest BCUT2D eigenvalue weighted by Gasteiger charge is 2.24. The van der Waals surface area contributed by atoms with Crippen molar-refractivity contribution < 1.29 is 14.6 Å². The van der Waals surface area contributed by atoms with Crippen LogP contribution in [0.4, 0.5) is 0 Å². The van der Waals surface area contributed by atoms with Crippen molar-refractivity contribution in [1.82, 2.24) is 5.32 Å². The van der Waals surface area contributed by atoms with E-state index in [9.17, 15) is 9.90 Å². The summed E-state index contributed by atoms with van der Waals surface area (Å²) in [6, 6.07) is 5.97. The number of benzene rings is 1. The van der Waals surface area contributed by atoms with Gasteiger partial charge in [0.1, 0.15) is 5.75 Å². The summed E-state index contributed by atoms with van der Waals surface area (Å²) in [5, 5.41) is 12.7. The van der Waals surface area contributed by atoms with E-state index < -0.39 is 6.10 Å². The largest absolute Gasteiger partial charge is 0.484 e. The standard InChI is InChI=1S/C17H23NO3/c19-16-7-2-1-6-15(16)18-17(20)11-21-14-9-8-12-4-3-5-13(12)10-14/h8-10,15-16,19H,1-7,11H2,(H,18,20)/t15-,16-/m0/s1. The third-order valence-electron chi connectivity index (χ3n) is 4.52. The van der Waals surface area contributed by atoms with Gasteiger partial charge in [-0.05, 0) is 55.4 Å². The molecule has 1 aromatic rings. The predicted molar refractivity (Wildman–Crippen MR) is 80.4 cm³/mol. The Balaban J connectivity index is 1.49. The van der Waals surface area contributed by atoms with E-state index in [0.29, 0.717) is 0 Å². The van der Waals surface area contributed by atoms with Crippen LogP contribution in [0.2, 0.25) is 0 Å². The number of carbonyl (C=O) groups is 1. The van der Waals surface area contributed by atoms with Gasteiger partial charge in [-0.15, -0.1) is 0 Å². The van der Waals surface area contributed by atoms with E-state index in [4.69, 9.17) is 4.74 Å². The van der Waals surface area contributed by atoms with Crippen molar-refractivity contribution in [3.05, 3.63) is 29.3 Å². The number of carbonyl (C=O) groups excluding carboxylic acids is 1. The Hall–Kier alpha value is -1.55. The van der Waals surface area contributed by atoms with Gasteiger partial charge in [0.2, 0.25) is 0 Å². The molecule has 0 bridgehead atoms. The first-order valence-electron chi connectivity index (χ1n) is 7.94. The third kappa shape index (κ3) is 3.56. The van der Waals surface area contributed by atoms with Crippen LogP contribution in [-0.4, -0.2) is 29.8 Å². The molecule has 0 heterocycles. The van der Waals surface area contributed by atoms with Crippen LogP contribution in [0.1, 0.15) is 43.2 Å². The molecule has 1 fully saturated rings. The molecule has 2 N–H and O–H groups in total. The first-order valence-corrected chi connectivity index (χ1v) is 7.94. The molecule has 3 rings (SSSR count). The number of rotatable bonds is 4. The van der Waals surface area contributed by atoms with Crippen LogP contribution in [0.5, 0.6) is 5.75 Å². The summed E-state index contributed by atoms with van der Waals surface area (Å²) in [6.45, 7) is 0.0159. The molecule has 0 radical (unpaired) electrons. The predicted octanol–water partition coefficient (Wildman–Crippen LogP) is 1.97. The van der Waals surface area contributed by atoms with Crippen LogP contribution in [0, 0.1) is 0 Å². The highest BCUT2D eigenvalue weighted by molar-refractivity contribution is 5.77. The fourth-order valence-electron chi connectivity index (χ4n) is 3.31. The number of ether oxygens (including phenoxy) is 1. The number of hydrogen-bond donors (Lipinski definition) is 2. The van der Waals surface area contributed by atoms with Crippen molar-refractivity contribution in [2.45, 2.75) is 57.1 Å². The molecule has 2 atom stereocenters. The van der Waals surface area contributed by atoms with E-state index in [1.54, 1.807) is 0 Å². The van der Waals surface area contributed by atoms with Crippen molar-refractivity contribution in [2.75, 3.05) is 6.61 Å². The second-order valence-electron chi connectivity index (χ2n) is 6.10. The van der Waals surface area contributed by atoms with Gasteiger partial charge < -0.3 is 15.2 Å². The summed E-state index contributed by atoms with van der Waals surface area (Å²) in [5.74, 6) is 0.608. The van der Waals surface area contributed by atoms with E-state index >= 15 is 0 Å². The van der Waals surface area contributed by atoms with Crippen molar-refractivity contribution in [2.24, 2.45) is 0 Å². The zero-order valence-electron chi connectivity index (χ0n) is 12.3. The molecule has 4 nitrogen and oxygen atoms in total. The number of nitrogens with one attached hydrogen (secondary N) is 1. The second kappa shape index (κ2) is 6.48. The first kappa shape index (κ1) is 14.4. The minimum absolute atomic E-state index is 0.0159. The van der Waals surface area contributed by atoms with Gasteiger partial charge in [0.15, 0.2) is 6.61 Å². The molecule has 0 spiro atoms. The van der Waals surface area contributed by atoms with Gasteiger partial charge >= 0.3 is 0 Å². The minimum atomic E-state index is -0.414. The normalized spacial score (nSPS) is 24.4. The van der Waals surface area contributed by atoms with Crippen molar-refractivity contribution in [3.63, 3.8) is 0 Å². The summed E-state index contributed by atoms with van der Waals surface area (Å²) in [4.78, 5) is 11.9.